The molecular weight excluding hydrogens is 428 g/mol. The second-order valence-corrected chi connectivity index (χ2v) is 8.05. The summed E-state index contributed by atoms with van der Waals surface area (Å²) in [6.45, 7) is 2.39. The Morgan fingerprint density at radius 1 is 0.875 bits per heavy atom. The van der Waals surface area contributed by atoms with Crippen LogP contribution in [0.15, 0.2) is 78.9 Å². The maximum Gasteiger partial charge on any atom is 0.266 e. The van der Waals surface area contributed by atoms with Gasteiger partial charge >= 0.3 is 0 Å². The van der Waals surface area contributed by atoms with Crippen LogP contribution < -0.4 is 14.7 Å². The van der Waals surface area contributed by atoms with Crippen molar-refractivity contribution in [1.82, 2.24) is 0 Å². The van der Waals surface area contributed by atoms with E-state index in [2.05, 4.69) is 0 Å². The molecule has 0 aliphatic carbocycles. The summed E-state index contributed by atoms with van der Waals surface area (Å²) in [5.74, 6) is -0.757. The van der Waals surface area contributed by atoms with E-state index >= 15 is 0 Å². The lowest BCUT2D eigenvalue weighted by atomic mass is 9.90. The Morgan fingerprint density at radius 3 is 2.28 bits per heavy atom. The second-order valence-electron chi connectivity index (χ2n) is 7.62. The number of carbonyl (C=O) groups is 2. The van der Waals surface area contributed by atoms with Crippen LogP contribution in [0.25, 0.3) is 0 Å². The third-order valence-electron chi connectivity index (χ3n) is 5.75. The average molecular weight is 449 g/mol. The number of fused-ring (bicyclic) bond motifs is 1. The van der Waals surface area contributed by atoms with Crippen LogP contribution in [-0.2, 0) is 14.4 Å². The lowest BCUT2D eigenvalue weighted by Crippen LogP contribution is -2.37. The van der Waals surface area contributed by atoms with Crippen LogP contribution in [0.2, 0.25) is 5.02 Å². The molecule has 0 aromatic heterocycles. The minimum Gasteiger partial charge on any atom is -0.494 e. The number of carbonyl (C=O) groups excluding carboxylic acids is 2. The van der Waals surface area contributed by atoms with Gasteiger partial charge in [-0.05, 0) is 49.4 Å². The summed E-state index contributed by atoms with van der Waals surface area (Å²) in [5.41, 5.74) is 2.03. The predicted molar refractivity (Wildman–Crippen MR) is 122 cm³/mol. The van der Waals surface area contributed by atoms with Gasteiger partial charge in [-0.25, -0.2) is 9.96 Å². The van der Waals surface area contributed by atoms with Gasteiger partial charge in [0.1, 0.15) is 11.7 Å². The Hall–Kier alpha value is -3.35. The molecule has 3 atom stereocenters. The molecule has 2 aliphatic rings. The zero-order valence-electron chi connectivity index (χ0n) is 17.4. The molecule has 0 bridgehead atoms. The van der Waals surface area contributed by atoms with Crippen molar-refractivity contribution in [3.63, 3.8) is 0 Å². The highest BCUT2D eigenvalue weighted by Crippen LogP contribution is 2.49. The van der Waals surface area contributed by atoms with Crippen LogP contribution in [0.3, 0.4) is 0 Å². The van der Waals surface area contributed by atoms with E-state index in [9.17, 15) is 9.59 Å². The summed E-state index contributed by atoms with van der Waals surface area (Å²) in [4.78, 5) is 34.3. The number of anilines is 2. The summed E-state index contributed by atoms with van der Waals surface area (Å²) in [5, 5.41) is 2.20. The highest BCUT2D eigenvalue weighted by molar-refractivity contribution is 6.31. The molecule has 0 radical (unpaired) electrons. The fraction of sp³-hybridized carbons (Fsp3) is 0.200. The van der Waals surface area contributed by atoms with E-state index in [4.69, 9.17) is 21.2 Å². The molecule has 5 rings (SSSR count). The van der Waals surface area contributed by atoms with Gasteiger partial charge in [0.25, 0.3) is 5.91 Å². The summed E-state index contributed by atoms with van der Waals surface area (Å²) >= 11 is 5.99. The smallest absolute Gasteiger partial charge is 0.266 e. The molecule has 0 saturated carbocycles. The first kappa shape index (κ1) is 20.5. The maximum absolute atomic E-state index is 13.6. The van der Waals surface area contributed by atoms with Crippen LogP contribution in [0.4, 0.5) is 11.4 Å². The first-order chi connectivity index (χ1) is 15.6. The summed E-state index contributed by atoms with van der Waals surface area (Å²) in [6.07, 6.45) is -0.932. The van der Waals surface area contributed by atoms with E-state index < -0.39 is 18.1 Å². The third kappa shape index (κ3) is 3.32. The number of ether oxygens (including phenoxy) is 1. The van der Waals surface area contributed by atoms with Crippen LogP contribution in [0.1, 0.15) is 18.5 Å². The first-order valence-corrected chi connectivity index (χ1v) is 10.8. The molecule has 2 fully saturated rings. The van der Waals surface area contributed by atoms with Gasteiger partial charge in [-0.2, -0.15) is 0 Å². The number of benzene rings is 3. The lowest BCUT2D eigenvalue weighted by Gasteiger charge is -2.29. The summed E-state index contributed by atoms with van der Waals surface area (Å²) < 4.78 is 5.86. The summed E-state index contributed by atoms with van der Waals surface area (Å²) in [7, 11) is 0. The number of amides is 2. The number of imide groups is 1. The van der Waals surface area contributed by atoms with Crippen molar-refractivity contribution in [2.45, 2.75) is 19.1 Å². The van der Waals surface area contributed by atoms with Gasteiger partial charge in [-0.1, -0.05) is 48.0 Å². The highest BCUT2D eigenvalue weighted by atomic mass is 35.5. The highest BCUT2D eigenvalue weighted by Gasteiger charge is 2.60. The molecule has 2 amide bonds. The zero-order chi connectivity index (χ0) is 22.2. The van der Waals surface area contributed by atoms with E-state index in [1.54, 1.807) is 29.3 Å². The largest absolute Gasteiger partial charge is 0.494 e. The van der Waals surface area contributed by atoms with Crippen LogP contribution in [0.5, 0.6) is 5.75 Å². The van der Waals surface area contributed by atoms with Gasteiger partial charge < -0.3 is 4.74 Å². The molecule has 6 nitrogen and oxygen atoms in total. The number of rotatable bonds is 5. The lowest BCUT2D eigenvalue weighted by molar-refractivity contribution is -0.126. The average Bonchev–Trinajstić information content (AvgIpc) is 3.32. The molecule has 2 heterocycles. The number of nitrogens with zero attached hydrogens (tertiary/aromatic N) is 2. The van der Waals surface area contributed by atoms with Gasteiger partial charge in [-0.3, -0.25) is 14.4 Å². The molecule has 7 heteroatoms. The van der Waals surface area contributed by atoms with E-state index in [1.165, 1.54) is 4.90 Å². The van der Waals surface area contributed by atoms with Crippen LogP contribution in [0, 0.1) is 5.92 Å². The normalized spacial score (nSPS) is 22.4. The van der Waals surface area contributed by atoms with E-state index in [-0.39, 0.29) is 11.8 Å². The monoisotopic (exact) mass is 448 g/mol. The van der Waals surface area contributed by atoms with Gasteiger partial charge in [-0.15, -0.1) is 0 Å². The number of halogens is 1. The van der Waals surface area contributed by atoms with Gasteiger partial charge in [0.15, 0.2) is 6.10 Å². The Morgan fingerprint density at radius 2 is 1.56 bits per heavy atom. The molecule has 2 aliphatic heterocycles. The van der Waals surface area contributed by atoms with Gasteiger partial charge in [0.2, 0.25) is 5.91 Å². The van der Waals surface area contributed by atoms with Crippen molar-refractivity contribution in [3.8, 4) is 5.75 Å². The van der Waals surface area contributed by atoms with E-state index in [0.717, 1.165) is 11.3 Å². The van der Waals surface area contributed by atoms with Gasteiger partial charge in [0.05, 0.1) is 24.0 Å². The van der Waals surface area contributed by atoms with Crippen molar-refractivity contribution in [2.75, 3.05) is 16.6 Å². The van der Waals surface area contributed by atoms with E-state index in [0.29, 0.717) is 23.1 Å². The number of hydrogen-bond acceptors (Lipinski definition) is 5. The molecule has 0 N–H and O–H groups in total. The Balaban J connectivity index is 1.61. The predicted octanol–water partition coefficient (Wildman–Crippen LogP) is 4.79. The van der Waals surface area contributed by atoms with Crippen molar-refractivity contribution < 1.29 is 19.2 Å². The SMILES string of the molecule is CCOc1ccccc1[C@@H]1[C@@H]2C(=O)N(c3ccc(Cl)cc3)C(=O)[C@H]2ON1c1ccccc1. The molecule has 3 aromatic rings. The fourth-order valence-electron chi connectivity index (χ4n) is 4.39. The number of hydroxylamine groups is 1. The summed E-state index contributed by atoms with van der Waals surface area (Å²) in [6, 6.07) is 23.2. The molecule has 0 spiro atoms. The minimum absolute atomic E-state index is 0.308. The molecule has 3 aromatic carbocycles. The first-order valence-electron chi connectivity index (χ1n) is 10.5. The Labute approximate surface area is 190 Å². The van der Waals surface area contributed by atoms with Crippen molar-refractivity contribution in [2.24, 2.45) is 5.92 Å². The Kier molecular flexibility index (Phi) is 5.33. The standard InChI is InChI=1S/C25H21ClN2O4/c1-2-31-20-11-7-6-10-19(20)22-21-23(32-28(22)18-8-4-3-5-9-18)25(30)27(24(21)29)17-14-12-16(26)13-15-17/h3-15,21-23H,2H2,1H3/t21-,22+,23-/m0/s1. The molecule has 162 valence electrons. The number of hydrogen-bond donors (Lipinski definition) is 0. The van der Waals surface area contributed by atoms with Gasteiger partial charge in [0, 0.05) is 10.6 Å². The molecule has 0 unspecified atom stereocenters. The van der Waals surface area contributed by atoms with Crippen molar-refractivity contribution in [3.05, 3.63) is 89.4 Å². The third-order valence-corrected chi connectivity index (χ3v) is 6.00. The number of para-hydroxylation sites is 2. The minimum atomic E-state index is -0.932. The topological polar surface area (TPSA) is 59.1 Å². The zero-order valence-corrected chi connectivity index (χ0v) is 18.1. The van der Waals surface area contributed by atoms with Crippen LogP contribution in [-0.4, -0.2) is 24.5 Å². The molecular formula is C25H21ClN2O4. The van der Waals surface area contributed by atoms with Crippen molar-refractivity contribution >= 4 is 34.8 Å². The second kappa shape index (κ2) is 8.30. The molecule has 32 heavy (non-hydrogen) atoms. The quantitative estimate of drug-likeness (QED) is 0.525. The fourth-order valence-corrected chi connectivity index (χ4v) is 4.51. The maximum atomic E-state index is 13.6. The van der Waals surface area contributed by atoms with Crippen LogP contribution >= 0.6 is 11.6 Å². The van der Waals surface area contributed by atoms with Crippen molar-refractivity contribution in [1.29, 1.82) is 0 Å². The molecule has 2 saturated heterocycles. The Bertz CT molecular complexity index is 1150. The van der Waals surface area contributed by atoms with E-state index in [1.807, 2.05) is 61.5 Å².